The maximum absolute atomic E-state index is 12.4. The molecule has 0 atom stereocenters. The van der Waals surface area contributed by atoms with Crippen LogP contribution in [-0.4, -0.2) is 30.0 Å². The first-order valence-electron chi connectivity index (χ1n) is 6.16. The Kier molecular flexibility index (Phi) is 4.52. The highest BCUT2D eigenvalue weighted by atomic mass is 79.9. The lowest BCUT2D eigenvalue weighted by atomic mass is 10.2. The number of nitrogens with zero attached hydrogens (tertiary/aromatic N) is 3. The zero-order chi connectivity index (χ0) is 15.6. The minimum atomic E-state index is -3.78. The highest BCUT2D eigenvalue weighted by molar-refractivity contribution is 9.10. The van der Waals surface area contributed by atoms with Crippen molar-refractivity contribution in [2.45, 2.75) is 18.9 Å². The number of hydrogen-bond donors (Lipinski definition) is 1. The van der Waals surface area contributed by atoms with Gasteiger partial charge in [0, 0.05) is 7.05 Å². The van der Waals surface area contributed by atoms with Gasteiger partial charge < -0.3 is 4.74 Å². The van der Waals surface area contributed by atoms with E-state index in [9.17, 15) is 8.42 Å². The number of hydrogen-bond acceptors (Lipinski definition) is 5. The molecule has 0 saturated carbocycles. The fourth-order valence-corrected chi connectivity index (χ4v) is 4.04. The molecule has 114 valence electrons. The predicted octanol–water partition coefficient (Wildman–Crippen LogP) is 2.09. The molecule has 0 aliphatic carbocycles. The number of benzene rings is 1. The van der Waals surface area contributed by atoms with E-state index in [2.05, 4.69) is 31.0 Å². The van der Waals surface area contributed by atoms with Crippen LogP contribution in [-0.2, 0) is 17.1 Å². The fourth-order valence-electron chi connectivity index (χ4n) is 1.81. The van der Waals surface area contributed by atoms with Crippen molar-refractivity contribution in [3.05, 3.63) is 28.4 Å². The molecule has 2 rings (SSSR count). The Balaban J connectivity index is 2.33. The SMILES string of the molecule is CCOc1ccc(NS(=O)(=O)c2c(Br)nnn2C)c(C)c1. The summed E-state index contributed by atoms with van der Waals surface area (Å²) in [5.74, 6) is 0.696. The lowest BCUT2D eigenvalue weighted by Crippen LogP contribution is -2.17. The normalized spacial score (nSPS) is 11.4. The first-order valence-corrected chi connectivity index (χ1v) is 8.44. The summed E-state index contributed by atoms with van der Waals surface area (Å²) >= 11 is 3.08. The summed E-state index contributed by atoms with van der Waals surface area (Å²) in [6, 6.07) is 5.15. The summed E-state index contributed by atoms with van der Waals surface area (Å²) in [5.41, 5.74) is 1.24. The molecular formula is C12H15BrN4O3S. The monoisotopic (exact) mass is 374 g/mol. The number of nitrogens with one attached hydrogen (secondary N) is 1. The van der Waals surface area contributed by atoms with Crippen LogP contribution in [0.5, 0.6) is 5.75 Å². The van der Waals surface area contributed by atoms with Crippen LogP contribution in [0.4, 0.5) is 5.69 Å². The second-order valence-electron chi connectivity index (χ2n) is 4.32. The second kappa shape index (κ2) is 6.02. The number of rotatable bonds is 5. The van der Waals surface area contributed by atoms with Crippen molar-refractivity contribution in [3.63, 3.8) is 0 Å². The first kappa shape index (κ1) is 15.8. The number of anilines is 1. The van der Waals surface area contributed by atoms with Crippen molar-refractivity contribution in [2.75, 3.05) is 11.3 Å². The average Bonchev–Trinajstić information content (AvgIpc) is 2.73. The quantitative estimate of drug-likeness (QED) is 0.865. The Morgan fingerprint density at radius 3 is 2.67 bits per heavy atom. The Bertz CT molecular complexity index is 738. The van der Waals surface area contributed by atoms with Gasteiger partial charge in [0.15, 0.2) is 4.60 Å². The van der Waals surface area contributed by atoms with Gasteiger partial charge in [0.1, 0.15) is 5.75 Å². The van der Waals surface area contributed by atoms with E-state index in [4.69, 9.17) is 4.74 Å². The molecule has 9 heteroatoms. The molecule has 0 unspecified atom stereocenters. The molecule has 0 fully saturated rings. The van der Waals surface area contributed by atoms with E-state index in [1.807, 2.05) is 6.92 Å². The van der Waals surface area contributed by atoms with E-state index in [-0.39, 0.29) is 9.63 Å². The molecule has 21 heavy (non-hydrogen) atoms. The summed E-state index contributed by atoms with van der Waals surface area (Å²) in [5, 5.41) is 7.31. The summed E-state index contributed by atoms with van der Waals surface area (Å²) in [6.07, 6.45) is 0. The number of ether oxygens (including phenoxy) is 1. The average molecular weight is 375 g/mol. The molecule has 7 nitrogen and oxygen atoms in total. The van der Waals surface area contributed by atoms with Crippen LogP contribution in [0.15, 0.2) is 27.8 Å². The molecule has 1 N–H and O–H groups in total. The maximum Gasteiger partial charge on any atom is 0.281 e. The molecule has 1 aromatic heterocycles. The van der Waals surface area contributed by atoms with E-state index in [0.717, 1.165) is 5.56 Å². The van der Waals surface area contributed by atoms with Gasteiger partial charge in [-0.1, -0.05) is 5.21 Å². The smallest absolute Gasteiger partial charge is 0.281 e. The van der Waals surface area contributed by atoms with Crippen molar-refractivity contribution in [3.8, 4) is 5.75 Å². The first-order chi connectivity index (χ1) is 9.85. The van der Waals surface area contributed by atoms with Crippen molar-refractivity contribution < 1.29 is 13.2 Å². The van der Waals surface area contributed by atoms with Crippen molar-refractivity contribution >= 4 is 31.6 Å². The van der Waals surface area contributed by atoms with Gasteiger partial charge in [-0.15, -0.1) is 5.10 Å². The third kappa shape index (κ3) is 3.35. The largest absolute Gasteiger partial charge is 0.494 e. The number of halogens is 1. The molecule has 0 spiro atoms. The summed E-state index contributed by atoms with van der Waals surface area (Å²) in [7, 11) is -2.27. The van der Waals surface area contributed by atoms with Gasteiger partial charge >= 0.3 is 0 Å². The minimum Gasteiger partial charge on any atom is -0.494 e. The van der Waals surface area contributed by atoms with Gasteiger partial charge in [-0.25, -0.2) is 4.68 Å². The van der Waals surface area contributed by atoms with Crippen LogP contribution in [0.1, 0.15) is 12.5 Å². The van der Waals surface area contributed by atoms with Crippen LogP contribution in [0, 0.1) is 6.92 Å². The standard InChI is InChI=1S/C12H15BrN4O3S/c1-4-20-9-5-6-10(8(2)7-9)15-21(18,19)12-11(13)14-16-17(12)3/h5-7,15H,4H2,1-3H3. The highest BCUT2D eigenvalue weighted by Gasteiger charge is 2.24. The molecule has 0 aliphatic rings. The van der Waals surface area contributed by atoms with Crippen LogP contribution >= 0.6 is 15.9 Å². The van der Waals surface area contributed by atoms with Crippen LogP contribution in [0.25, 0.3) is 0 Å². The Morgan fingerprint density at radius 2 is 2.14 bits per heavy atom. The molecule has 1 aromatic carbocycles. The van der Waals surface area contributed by atoms with E-state index in [0.29, 0.717) is 18.0 Å². The van der Waals surface area contributed by atoms with Gasteiger partial charge in [-0.05, 0) is 53.5 Å². The number of aromatic nitrogens is 3. The topological polar surface area (TPSA) is 86.1 Å². The van der Waals surface area contributed by atoms with Crippen LogP contribution < -0.4 is 9.46 Å². The summed E-state index contributed by atoms with van der Waals surface area (Å²) < 4.78 is 34.0. The van der Waals surface area contributed by atoms with E-state index in [1.165, 1.54) is 11.7 Å². The second-order valence-corrected chi connectivity index (χ2v) is 6.67. The molecule has 2 aromatic rings. The van der Waals surface area contributed by atoms with Crippen LogP contribution in [0.2, 0.25) is 0 Å². The van der Waals surface area contributed by atoms with Crippen LogP contribution in [0.3, 0.4) is 0 Å². The molecule has 0 bridgehead atoms. The van der Waals surface area contributed by atoms with Gasteiger partial charge in [-0.2, -0.15) is 8.42 Å². The van der Waals surface area contributed by atoms with Gasteiger partial charge in [0.05, 0.1) is 12.3 Å². The Hall–Kier alpha value is -1.61. The van der Waals surface area contributed by atoms with Crippen molar-refractivity contribution in [2.24, 2.45) is 7.05 Å². The molecule has 1 heterocycles. The third-order valence-corrected chi connectivity index (χ3v) is 5.00. The number of aryl methyl sites for hydroxylation is 2. The van der Waals surface area contributed by atoms with Crippen molar-refractivity contribution in [1.82, 2.24) is 15.0 Å². The minimum absolute atomic E-state index is 0.0317. The summed E-state index contributed by atoms with van der Waals surface area (Å²) in [4.78, 5) is 0. The maximum atomic E-state index is 12.4. The fraction of sp³-hybridized carbons (Fsp3) is 0.333. The van der Waals surface area contributed by atoms with Gasteiger partial charge in [0.25, 0.3) is 10.0 Å². The molecule has 0 aliphatic heterocycles. The lowest BCUT2D eigenvalue weighted by molar-refractivity contribution is 0.340. The van der Waals surface area contributed by atoms with Gasteiger partial charge in [-0.3, -0.25) is 4.72 Å². The molecule has 0 radical (unpaired) electrons. The third-order valence-electron chi connectivity index (χ3n) is 2.74. The van der Waals surface area contributed by atoms with E-state index >= 15 is 0 Å². The van der Waals surface area contributed by atoms with Gasteiger partial charge in [0.2, 0.25) is 5.03 Å². The molecular weight excluding hydrogens is 360 g/mol. The molecule has 0 saturated heterocycles. The van der Waals surface area contributed by atoms with E-state index < -0.39 is 10.0 Å². The Labute approximate surface area is 131 Å². The molecule has 0 amide bonds. The Morgan fingerprint density at radius 1 is 1.43 bits per heavy atom. The predicted molar refractivity (Wildman–Crippen MR) is 81.9 cm³/mol. The zero-order valence-electron chi connectivity index (χ0n) is 11.8. The number of sulfonamides is 1. The lowest BCUT2D eigenvalue weighted by Gasteiger charge is -2.12. The highest BCUT2D eigenvalue weighted by Crippen LogP contribution is 2.25. The van der Waals surface area contributed by atoms with Crippen molar-refractivity contribution in [1.29, 1.82) is 0 Å². The van der Waals surface area contributed by atoms with E-state index in [1.54, 1.807) is 25.1 Å². The zero-order valence-corrected chi connectivity index (χ0v) is 14.2. The summed E-state index contributed by atoms with van der Waals surface area (Å²) in [6.45, 7) is 4.24.